The van der Waals surface area contributed by atoms with Crippen molar-refractivity contribution in [3.8, 4) is 22.5 Å². The largest absolute Gasteiger partial charge is 0.377 e. The molecule has 0 amide bonds. The molecule has 162 valence electrons. The number of aromatic nitrogens is 5. The van der Waals surface area contributed by atoms with E-state index in [1.807, 2.05) is 24.7 Å². The molecule has 0 saturated carbocycles. The minimum Gasteiger partial charge on any atom is -0.377 e. The van der Waals surface area contributed by atoms with Gasteiger partial charge in [-0.15, -0.1) is 0 Å². The molecular formula is C25H26N6O. The lowest BCUT2D eigenvalue weighted by molar-refractivity contribution is 0.177. The second-order valence-corrected chi connectivity index (χ2v) is 8.18. The molecule has 4 aromatic rings. The Morgan fingerprint density at radius 1 is 1.00 bits per heavy atom. The predicted molar refractivity (Wildman–Crippen MR) is 123 cm³/mol. The van der Waals surface area contributed by atoms with E-state index in [1.54, 1.807) is 13.3 Å². The smallest absolute Gasteiger partial charge is 0.153 e. The summed E-state index contributed by atoms with van der Waals surface area (Å²) >= 11 is 0. The van der Waals surface area contributed by atoms with Gasteiger partial charge in [-0.2, -0.15) is 5.10 Å². The number of nitrogens with zero attached hydrogens (tertiary/aromatic N) is 5. The number of aromatic amines is 1. The summed E-state index contributed by atoms with van der Waals surface area (Å²) in [6.07, 6.45) is 8.66. The Morgan fingerprint density at radius 3 is 2.56 bits per heavy atom. The second kappa shape index (κ2) is 9.38. The Bertz CT molecular complexity index is 1140. The van der Waals surface area contributed by atoms with Gasteiger partial charge in [-0.25, -0.2) is 9.97 Å². The number of nitrogens with one attached hydrogen (secondary N) is 1. The van der Waals surface area contributed by atoms with Crippen LogP contribution in [0, 0.1) is 0 Å². The molecule has 0 spiro atoms. The number of likely N-dealkylation sites (tertiary alicyclic amines) is 1. The number of rotatable bonds is 7. The minimum atomic E-state index is 0.447. The monoisotopic (exact) mass is 426 g/mol. The lowest BCUT2D eigenvalue weighted by Gasteiger charge is -2.16. The van der Waals surface area contributed by atoms with Gasteiger partial charge in [0, 0.05) is 56.1 Å². The Hall–Kier alpha value is -3.42. The number of methoxy groups -OCH3 is 1. The van der Waals surface area contributed by atoms with Gasteiger partial charge in [-0.05, 0) is 48.2 Å². The van der Waals surface area contributed by atoms with Crippen LogP contribution in [0.2, 0.25) is 0 Å². The number of hydrogen-bond donors (Lipinski definition) is 1. The molecule has 3 aromatic heterocycles. The third-order valence-electron chi connectivity index (χ3n) is 5.96. The fourth-order valence-electron chi connectivity index (χ4n) is 4.27. The summed E-state index contributed by atoms with van der Waals surface area (Å²) in [7, 11) is 1.66. The van der Waals surface area contributed by atoms with Crippen molar-refractivity contribution < 1.29 is 4.74 Å². The first-order valence-electron chi connectivity index (χ1n) is 10.9. The molecular weight excluding hydrogens is 400 g/mol. The summed E-state index contributed by atoms with van der Waals surface area (Å²) in [6, 6.07) is 14.8. The standard InChI is InChI=1S/C25H26N6O/c1-32-17-25-27-13-18(14-28-25)15-31-11-8-22(16-31)21-6-9-26-24(12-21)20-4-2-19(3-5-20)23-7-10-29-30-23/h2-7,9-10,12-14,22H,8,11,15-17H2,1H3,(H,29,30). The van der Waals surface area contributed by atoms with Crippen LogP contribution >= 0.6 is 0 Å². The first-order chi connectivity index (χ1) is 15.8. The van der Waals surface area contributed by atoms with E-state index in [0.29, 0.717) is 12.5 Å². The van der Waals surface area contributed by atoms with Crippen LogP contribution in [0.25, 0.3) is 22.5 Å². The van der Waals surface area contributed by atoms with Crippen LogP contribution in [0.3, 0.4) is 0 Å². The van der Waals surface area contributed by atoms with Crippen molar-refractivity contribution in [1.29, 1.82) is 0 Å². The maximum Gasteiger partial charge on any atom is 0.153 e. The molecule has 0 bridgehead atoms. The van der Waals surface area contributed by atoms with E-state index >= 15 is 0 Å². The Labute approximate surface area is 187 Å². The van der Waals surface area contributed by atoms with Crippen molar-refractivity contribution in [2.75, 3.05) is 20.2 Å². The Balaban J connectivity index is 1.24. The zero-order valence-electron chi connectivity index (χ0n) is 18.1. The molecule has 1 aromatic carbocycles. The van der Waals surface area contributed by atoms with Gasteiger partial charge in [0.2, 0.25) is 0 Å². The first kappa shape index (κ1) is 20.5. The Kier molecular flexibility index (Phi) is 6.00. The quantitative estimate of drug-likeness (QED) is 0.480. The van der Waals surface area contributed by atoms with Gasteiger partial charge in [0.05, 0.1) is 11.4 Å². The molecule has 1 aliphatic rings. The molecule has 0 radical (unpaired) electrons. The molecule has 1 unspecified atom stereocenters. The number of benzene rings is 1. The molecule has 32 heavy (non-hydrogen) atoms. The topological polar surface area (TPSA) is 79.8 Å². The van der Waals surface area contributed by atoms with Crippen LogP contribution in [0.15, 0.2) is 67.3 Å². The van der Waals surface area contributed by atoms with E-state index in [1.165, 1.54) is 5.56 Å². The summed E-state index contributed by atoms with van der Waals surface area (Å²) < 4.78 is 5.08. The molecule has 7 nitrogen and oxygen atoms in total. The van der Waals surface area contributed by atoms with Crippen molar-refractivity contribution in [3.63, 3.8) is 0 Å². The van der Waals surface area contributed by atoms with E-state index in [4.69, 9.17) is 4.74 Å². The van der Waals surface area contributed by atoms with Crippen LogP contribution in [-0.2, 0) is 17.9 Å². The number of H-pyrrole nitrogens is 1. The number of hydrogen-bond acceptors (Lipinski definition) is 6. The summed E-state index contributed by atoms with van der Waals surface area (Å²) in [4.78, 5) is 15.9. The van der Waals surface area contributed by atoms with Crippen molar-refractivity contribution in [3.05, 3.63) is 84.2 Å². The van der Waals surface area contributed by atoms with Crippen molar-refractivity contribution in [2.45, 2.75) is 25.5 Å². The van der Waals surface area contributed by atoms with E-state index in [2.05, 4.69) is 66.4 Å². The highest BCUT2D eigenvalue weighted by molar-refractivity contribution is 5.66. The Morgan fingerprint density at radius 2 is 1.81 bits per heavy atom. The fraction of sp³-hybridized carbons (Fsp3) is 0.280. The van der Waals surface area contributed by atoms with Crippen molar-refractivity contribution in [1.82, 2.24) is 30.0 Å². The maximum atomic E-state index is 5.08. The number of ether oxygens (including phenoxy) is 1. The SMILES string of the molecule is COCc1ncc(CN2CCC(c3ccnc(-c4ccc(-c5ccn[nH]5)cc4)c3)C2)cn1. The number of pyridine rings is 1. The first-order valence-corrected chi connectivity index (χ1v) is 10.9. The van der Waals surface area contributed by atoms with Gasteiger partial charge >= 0.3 is 0 Å². The highest BCUT2D eigenvalue weighted by Gasteiger charge is 2.24. The normalized spacial score (nSPS) is 16.5. The highest BCUT2D eigenvalue weighted by atomic mass is 16.5. The van der Waals surface area contributed by atoms with Crippen LogP contribution < -0.4 is 0 Å². The average Bonchev–Trinajstić information content (AvgIpc) is 3.54. The molecule has 1 saturated heterocycles. The summed E-state index contributed by atoms with van der Waals surface area (Å²) in [6.45, 7) is 3.42. The van der Waals surface area contributed by atoms with E-state index in [0.717, 1.165) is 60.0 Å². The van der Waals surface area contributed by atoms with Gasteiger partial charge < -0.3 is 4.74 Å². The highest BCUT2D eigenvalue weighted by Crippen LogP contribution is 2.30. The second-order valence-electron chi connectivity index (χ2n) is 8.18. The molecule has 4 heterocycles. The average molecular weight is 427 g/mol. The van der Waals surface area contributed by atoms with Gasteiger partial charge in [-0.3, -0.25) is 15.0 Å². The molecule has 5 rings (SSSR count). The molecule has 0 aliphatic carbocycles. The molecule has 1 fully saturated rings. The van der Waals surface area contributed by atoms with Gasteiger partial charge in [0.1, 0.15) is 6.61 Å². The minimum absolute atomic E-state index is 0.447. The molecule has 1 atom stereocenters. The molecule has 7 heteroatoms. The van der Waals surface area contributed by atoms with E-state index in [-0.39, 0.29) is 0 Å². The van der Waals surface area contributed by atoms with Crippen molar-refractivity contribution >= 4 is 0 Å². The lowest BCUT2D eigenvalue weighted by atomic mass is 9.97. The predicted octanol–water partition coefficient (Wildman–Crippen LogP) is 4.06. The van der Waals surface area contributed by atoms with Gasteiger partial charge in [0.25, 0.3) is 0 Å². The van der Waals surface area contributed by atoms with Crippen molar-refractivity contribution in [2.24, 2.45) is 0 Å². The van der Waals surface area contributed by atoms with Crippen LogP contribution in [0.5, 0.6) is 0 Å². The zero-order chi connectivity index (χ0) is 21.8. The lowest BCUT2D eigenvalue weighted by Crippen LogP contribution is -2.20. The van der Waals surface area contributed by atoms with Crippen LogP contribution in [0.4, 0.5) is 0 Å². The maximum absolute atomic E-state index is 5.08. The molecule has 1 N–H and O–H groups in total. The summed E-state index contributed by atoms with van der Waals surface area (Å²) in [5.74, 6) is 1.23. The summed E-state index contributed by atoms with van der Waals surface area (Å²) in [5.41, 5.74) is 6.76. The van der Waals surface area contributed by atoms with Crippen LogP contribution in [-0.4, -0.2) is 50.2 Å². The third kappa shape index (κ3) is 4.59. The van der Waals surface area contributed by atoms with Gasteiger partial charge in [0.15, 0.2) is 5.82 Å². The molecule has 1 aliphatic heterocycles. The van der Waals surface area contributed by atoms with E-state index < -0.39 is 0 Å². The third-order valence-corrected chi connectivity index (χ3v) is 5.96. The van der Waals surface area contributed by atoms with E-state index in [9.17, 15) is 0 Å². The van der Waals surface area contributed by atoms with Crippen LogP contribution in [0.1, 0.15) is 29.3 Å². The summed E-state index contributed by atoms with van der Waals surface area (Å²) in [5, 5.41) is 7.03. The fourth-order valence-corrected chi connectivity index (χ4v) is 4.27. The zero-order valence-corrected chi connectivity index (χ0v) is 18.1. The van der Waals surface area contributed by atoms with Gasteiger partial charge in [-0.1, -0.05) is 24.3 Å².